The second kappa shape index (κ2) is 5.58. The molecule has 0 saturated heterocycles. The van der Waals surface area contributed by atoms with Crippen molar-refractivity contribution in [2.45, 2.75) is 32.1 Å². The molecule has 0 bridgehead atoms. The van der Waals surface area contributed by atoms with Gasteiger partial charge in [0.05, 0.1) is 6.04 Å². The summed E-state index contributed by atoms with van der Waals surface area (Å²) in [5.74, 6) is 0.584. The monoisotopic (exact) mass is 174 g/mol. The molecule has 0 saturated carbocycles. The minimum Gasteiger partial charge on any atom is -0.197 e. The van der Waals surface area contributed by atoms with Gasteiger partial charge in [0.25, 0.3) is 0 Å². The Morgan fingerprint density at radius 3 is 2.00 bits per heavy atom. The minimum absolute atomic E-state index is 0.370. The van der Waals surface area contributed by atoms with Gasteiger partial charge in [-0.2, -0.15) is 22.0 Å². The van der Waals surface area contributed by atoms with Gasteiger partial charge in [0.2, 0.25) is 0 Å². The van der Waals surface area contributed by atoms with E-state index in [1.165, 1.54) is 0 Å². The smallest absolute Gasteiger partial charge is 0.0846 e. The molecular formula is C8H18N2S. The third-order valence-corrected chi connectivity index (χ3v) is 2.81. The average Bonchev–Trinajstić information content (AvgIpc) is 1.98. The molecule has 0 aliphatic heterocycles. The molecule has 0 fully saturated rings. The van der Waals surface area contributed by atoms with E-state index in [1.807, 2.05) is 11.8 Å². The van der Waals surface area contributed by atoms with E-state index in [-0.39, 0.29) is 0 Å². The fraction of sp³-hybridized carbons (Fsp3) is 1.00. The summed E-state index contributed by atoms with van der Waals surface area (Å²) in [5, 5.41) is 8.60. The summed E-state index contributed by atoms with van der Waals surface area (Å²) in [7, 11) is 1.74. The van der Waals surface area contributed by atoms with Crippen molar-refractivity contribution in [3.63, 3.8) is 0 Å². The average molecular weight is 174 g/mol. The zero-order valence-electron chi connectivity index (χ0n) is 8.03. The Kier molecular flexibility index (Phi) is 5.56. The fourth-order valence-corrected chi connectivity index (χ4v) is 1.69. The van der Waals surface area contributed by atoms with Crippen LogP contribution in [0.2, 0.25) is 0 Å². The molecule has 0 heterocycles. The molecule has 0 amide bonds. The lowest BCUT2D eigenvalue weighted by Crippen LogP contribution is -2.23. The maximum Gasteiger partial charge on any atom is 0.0846 e. The van der Waals surface area contributed by atoms with Crippen LogP contribution in [-0.2, 0) is 0 Å². The van der Waals surface area contributed by atoms with Gasteiger partial charge in [-0.1, -0.05) is 20.8 Å². The lowest BCUT2D eigenvalue weighted by atomic mass is 10.0. The molecule has 0 aromatic heterocycles. The molecule has 2 unspecified atom stereocenters. The summed E-state index contributed by atoms with van der Waals surface area (Å²) in [6.07, 6.45) is 2.12. The molecule has 2 nitrogen and oxygen atoms in total. The molecular weight excluding hydrogens is 156 g/mol. The first kappa shape index (κ1) is 11.0. The summed E-state index contributed by atoms with van der Waals surface area (Å²) >= 11 is 1.85. The number of thioether (sulfide) groups is 1. The molecule has 0 aliphatic rings. The third-order valence-electron chi connectivity index (χ3n) is 1.78. The summed E-state index contributed by atoms with van der Waals surface area (Å²) in [5.41, 5.74) is 0. The first-order chi connectivity index (χ1) is 5.13. The van der Waals surface area contributed by atoms with Crippen LogP contribution in [0.3, 0.4) is 0 Å². The minimum atomic E-state index is 0.370. The highest BCUT2D eigenvalue weighted by Crippen LogP contribution is 2.20. The molecule has 11 heavy (non-hydrogen) atoms. The van der Waals surface area contributed by atoms with Gasteiger partial charge in [0, 0.05) is 12.3 Å². The Hall–Kier alpha value is -0.0500. The maximum atomic E-state index is 4.20. The molecule has 0 N–H and O–H groups in total. The fourth-order valence-electron chi connectivity index (χ4n) is 1.04. The molecule has 0 spiro atoms. The Morgan fingerprint density at radius 2 is 1.73 bits per heavy atom. The van der Waals surface area contributed by atoms with Gasteiger partial charge in [0.15, 0.2) is 0 Å². The van der Waals surface area contributed by atoms with Gasteiger partial charge in [-0.05, 0) is 12.2 Å². The quantitative estimate of drug-likeness (QED) is 0.601. The van der Waals surface area contributed by atoms with Crippen molar-refractivity contribution in [2.24, 2.45) is 16.1 Å². The van der Waals surface area contributed by atoms with E-state index in [2.05, 4.69) is 37.3 Å². The summed E-state index contributed by atoms with van der Waals surface area (Å²) in [4.78, 5) is 0. The van der Waals surface area contributed by atoms with Crippen LogP contribution in [-0.4, -0.2) is 24.6 Å². The largest absolute Gasteiger partial charge is 0.197 e. The van der Waals surface area contributed by atoms with Crippen LogP contribution in [0.15, 0.2) is 10.2 Å². The molecule has 0 aromatic rings. The lowest BCUT2D eigenvalue weighted by molar-refractivity contribution is 0.474. The van der Waals surface area contributed by atoms with Crippen LogP contribution in [0.4, 0.5) is 0 Å². The number of hydrogen-bond donors (Lipinski definition) is 0. The van der Waals surface area contributed by atoms with Gasteiger partial charge >= 0.3 is 0 Å². The van der Waals surface area contributed by atoms with E-state index in [0.29, 0.717) is 17.2 Å². The standard InChI is InChI=1S/C8H18N2S/c1-6(2)8(10-9-4)7(3)11-5/h6-8H,1-5H3. The van der Waals surface area contributed by atoms with E-state index >= 15 is 0 Å². The lowest BCUT2D eigenvalue weighted by Gasteiger charge is -2.20. The molecule has 3 heteroatoms. The highest BCUT2D eigenvalue weighted by molar-refractivity contribution is 7.99. The van der Waals surface area contributed by atoms with Gasteiger partial charge < -0.3 is 0 Å². The van der Waals surface area contributed by atoms with Crippen molar-refractivity contribution in [1.82, 2.24) is 0 Å². The van der Waals surface area contributed by atoms with Crippen molar-refractivity contribution in [1.29, 1.82) is 0 Å². The molecule has 0 rings (SSSR count). The maximum absolute atomic E-state index is 4.20. The van der Waals surface area contributed by atoms with Crippen LogP contribution in [0.1, 0.15) is 20.8 Å². The van der Waals surface area contributed by atoms with Crippen LogP contribution >= 0.6 is 11.8 Å². The number of hydrogen-bond acceptors (Lipinski definition) is 3. The summed E-state index contributed by atoms with van der Waals surface area (Å²) < 4.78 is 0. The number of nitrogens with zero attached hydrogens (tertiary/aromatic N) is 2. The molecule has 0 aliphatic carbocycles. The molecule has 0 aromatic carbocycles. The van der Waals surface area contributed by atoms with Crippen molar-refractivity contribution in [2.75, 3.05) is 13.3 Å². The van der Waals surface area contributed by atoms with Crippen LogP contribution in [0.25, 0.3) is 0 Å². The predicted molar refractivity (Wildman–Crippen MR) is 52.4 cm³/mol. The normalized spacial score (nSPS) is 17.6. The van der Waals surface area contributed by atoms with E-state index in [1.54, 1.807) is 7.05 Å². The number of rotatable bonds is 4. The molecule has 2 atom stereocenters. The Balaban J connectivity index is 4.09. The first-order valence-electron chi connectivity index (χ1n) is 3.95. The zero-order chi connectivity index (χ0) is 8.85. The SMILES string of the molecule is CN=NC(C(C)C)C(C)SC. The van der Waals surface area contributed by atoms with Crippen LogP contribution in [0, 0.1) is 5.92 Å². The van der Waals surface area contributed by atoms with Crippen LogP contribution < -0.4 is 0 Å². The highest BCUT2D eigenvalue weighted by atomic mass is 32.2. The number of azo groups is 1. The van der Waals surface area contributed by atoms with Crippen molar-refractivity contribution in [3.05, 3.63) is 0 Å². The Labute approximate surface area is 73.9 Å². The third kappa shape index (κ3) is 3.75. The topological polar surface area (TPSA) is 24.7 Å². The van der Waals surface area contributed by atoms with Gasteiger partial charge in [0.1, 0.15) is 0 Å². The van der Waals surface area contributed by atoms with Gasteiger partial charge in [-0.25, -0.2) is 0 Å². The second-order valence-corrected chi connectivity index (χ2v) is 4.21. The Morgan fingerprint density at radius 1 is 1.18 bits per heavy atom. The molecule has 0 radical (unpaired) electrons. The highest BCUT2D eigenvalue weighted by Gasteiger charge is 2.18. The zero-order valence-corrected chi connectivity index (χ0v) is 8.85. The van der Waals surface area contributed by atoms with Crippen LogP contribution in [0.5, 0.6) is 0 Å². The van der Waals surface area contributed by atoms with Crippen molar-refractivity contribution in [3.8, 4) is 0 Å². The Bertz CT molecular complexity index is 123. The van der Waals surface area contributed by atoms with Crippen molar-refractivity contribution >= 4 is 11.8 Å². The van der Waals surface area contributed by atoms with Crippen molar-refractivity contribution < 1.29 is 0 Å². The summed E-state index contributed by atoms with van der Waals surface area (Å²) in [6.45, 7) is 6.57. The summed E-state index contributed by atoms with van der Waals surface area (Å²) in [6, 6.07) is 0.370. The van der Waals surface area contributed by atoms with Gasteiger partial charge in [-0.15, -0.1) is 0 Å². The molecule has 66 valence electrons. The van der Waals surface area contributed by atoms with E-state index in [9.17, 15) is 0 Å². The first-order valence-corrected chi connectivity index (χ1v) is 5.24. The van der Waals surface area contributed by atoms with E-state index < -0.39 is 0 Å². The predicted octanol–water partition coefficient (Wildman–Crippen LogP) is 2.84. The van der Waals surface area contributed by atoms with Gasteiger partial charge in [-0.3, -0.25) is 0 Å². The second-order valence-electron chi connectivity index (χ2n) is 2.99. The van der Waals surface area contributed by atoms with E-state index in [4.69, 9.17) is 0 Å². The van der Waals surface area contributed by atoms with E-state index in [0.717, 1.165) is 0 Å².